The fourth-order valence-electron chi connectivity index (χ4n) is 3.48. The molecule has 0 unspecified atom stereocenters. The first-order valence-electron chi connectivity index (χ1n) is 11.1. The van der Waals surface area contributed by atoms with Gasteiger partial charge in [0.2, 0.25) is 0 Å². The number of anilines is 2. The van der Waals surface area contributed by atoms with E-state index in [2.05, 4.69) is 21.2 Å². The topological polar surface area (TPSA) is 67.9 Å². The first-order valence-corrected chi connectivity index (χ1v) is 13.2. The maximum absolute atomic E-state index is 13.1. The third-order valence-electron chi connectivity index (χ3n) is 5.22. The first kappa shape index (κ1) is 25.9. The Balaban J connectivity index is 1.48. The van der Waals surface area contributed by atoms with Gasteiger partial charge in [0.25, 0.3) is 11.8 Å². The molecule has 0 radical (unpaired) electrons. The second kappa shape index (κ2) is 11.7. The molecule has 4 rings (SSSR count). The lowest BCUT2D eigenvalue weighted by Gasteiger charge is -2.14. The van der Waals surface area contributed by atoms with Gasteiger partial charge in [0.05, 0.1) is 17.2 Å². The standard InChI is InChI=1S/C27H23BrN2O4S2/c1-3-33-23-14-18(8-13-22(23)34-16-25(31)29-21-7-5-4-6-17(21)2)15-24-26(32)30(27(35)36-24)20-11-9-19(28)10-12-20/h4-15H,3,16H2,1-2H3,(H,29,31)/b24-15-. The van der Waals surface area contributed by atoms with Gasteiger partial charge in [-0.3, -0.25) is 14.5 Å². The molecule has 0 bridgehead atoms. The number of aryl methyl sites for hydroxylation is 1. The van der Waals surface area contributed by atoms with Crippen molar-refractivity contribution in [3.63, 3.8) is 0 Å². The Hall–Kier alpha value is -3.14. The van der Waals surface area contributed by atoms with E-state index in [0.717, 1.165) is 21.3 Å². The molecule has 36 heavy (non-hydrogen) atoms. The molecule has 6 nitrogen and oxygen atoms in total. The van der Waals surface area contributed by atoms with Gasteiger partial charge in [-0.15, -0.1) is 0 Å². The Morgan fingerprint density at radius 2 is 1.83 bits per heavy atom. The number of para-hydroxylation sites is 1. The Labute approximate surface area is 227 Å². The first-order chi connectivity index (χ1) is 17.4. The molecule has 1 aliphatic heterocycles. The highest BCUT2D eigenvalue weighted by atomic mass is 79.9. The maximum atomic E-state index is 13.1. The molecule has 0 aromatic heterocycles. The van der Waals surface area contributed by atoms with Crippen molar-refractivity contribution in [1.82, 2.24) is 0 Å². The van der Waals surface area contributed by atoms with Gasteiger partial charge in [-0.2, -0.15) is 0 Å². The number of benzene rings is 3. The van der Waals surface area contributed by atoms with Crippen molar-refractivity contribution in [2.45, 2.75) is 13.8 Å². The summed E-state index contributed by atoms with van der Waals surface area (Å²) in [6.45, 7) is 4.04. The van der Waals surface area contributed by atoms with Crippen LogP contribution in [-0.2, 0) is 9.59 Å². The molecule has 184 valence electrons. The van der Waals surface area contributed by atoms with Crippen LogP contribution in [0.5, 0.6) is 11.5 Å². The molecule has 1 saturated heterocycles. The number of hydrogen-bond acceptors (Lipinski definition) is 6. The molecule has 0 saturated carbocycles. The van der Waals surface area contributed by atoms with E-state index in [4.69, 9.17) is 21.7 Å². The number of nitrogens with one attached hydrogen (secondary N) is 1. The molecule has 2 amide bonds. The predicted octanol–water partition coefficient (Wildman–Crippen LogP) is 6.58. The van der Waals surface area contributed by atoms with Gasteiger partial charge >= 0.3 is 0 Å². The summed E-state index contributed by atoms with van der Waals surface area (Å²) < 4.78 is 12.9. The summed E-state index contributed by atoms with van der Waals surface area (Å²) in [5.74, 6) is 0.473. The Kier molecular flexibility index (Phi) is 8.45. The minimum atomic E-state index is -0.271. The molecule has 1 aliphatic rings. The van der Waals surface area contributed by atoms with Crippen LogP contribution in [0.4, 0.5) is 11.4 Å². The van der Waals surface area contributed by atoms with Crippen LogP contribution < -0.4 is 19.7 Å². The zero-order valence-corrected chi connectivity index (χ0v) is 22.8. The molecule has 1 heterocycles. The lowest BCUT2D eigenvalue weighted by Crippen LogP contribution is -2.27. The molecule has 1 N–H and O–H groups in total. The summed E-state index contributed by atoms with van der Waals surface area (Å²) in [5.41, 5.74) is 3.18. The fraction of sp³-hybridized carbons (Fsp3) is 0.148. The van der Waals surface area contributed by atoms with Gasteiger partial charge < -0.3 is 14.8 Å². The van der Waals surface area contributed by atoms with E-state index in [1.807, 2.05) is 68.4 Å². The molecule has 3 aromatic carbocycles. The monoisotopic (exact) mass is 582 g/mol. The number of nitrogens with zero attached hydrogens (tertiary/aromatic N) is 1. The minimum Gasteiger partial charge on any atom is -0.490 e. The second-order valence-corrected chi connectivity index (χ2v) is 10.4. The van der Waals surface area contributed by atoms with Gasteiger partial charge in [0.1, 0.15) is 0 Å². The quantitative estimate of drug-likeness (QED) is 0.239. The third kappa shape index (κ3) is 6.16. The number of carbonyl (C=O) groups excluding carboxylic acids is 2. The van der Waals surface area contributed by atoms with Crippen molar-refractivity contribution in [2.75, 3.05) is 23.4 Å². The van der Waals surface area contributed by atoms with Crippen LogP contribution in [0.15, 0.2) is 76.1 Å². The number of thiocarbonyl (C=S) groups is 1. The zero-order valence-electron chi connectivity index (χ0n) is 19.6. The number of hydrogen-bond donors (Lipinski definition) is 1. The summed E-state index contributed by atoms with van der Waals surface area (Å²) in [6, 6.07) is 20.3. The summed E-state index contributed by atoms with van der Waals surface area (Å²) in [7, 11) is 0. The van der Waals surface area contributed by atoms with E-state index in [-0.39, 0.29) is 18.4 Å². The van der Waals surface area contributed by atoms with E-state index in [1.165, 1.54) is 16.7 Å². The summed E-state index contributed by atoms with van der Waals surface area (Å²) in [5, 5.41) is 2.85. The van der Waals surface area contributed by atoms with E-state index < -0.39 is 0 Å². The Morgan fingerprint density at radius 1 is 1.08 bits per heavy atom. The second-order valence-electron chi connectivity index (χ2n) is 7.78. The Morgan fingerprint density at radius 3 is 2.56 bits per heavy atom. The van der Waals surface area contributed by atoms with Crippen molar-refractivity contribution >= 4 is 73.5 Å². The fourth-order valence-corrected chi connectivity index (χ4v) is 5.04. The number of carbonyl (C=O) groups is 2. The van der Waals surface area contributed by atoms with Gasteiger partial charge in [-0.1, -0.05) is 64.2 Å². The number of amides is 2. The normalized spacial score (nSPS) is 14.3. The van der Waals surface area contributed by atoms with Crippen LogP contribution in [0.3, 0.4) is 0 Å². The third-order valence-corrected chi connectivity index (χ3v) is 7.05. The van der Waals surface area contributed by atoms with E-state index in [9.17, 15) is 9.59 Å². The van der Waals surface area contributed by atoms with Gasteiger partial charge in [-0.25, -0.2) is 0 Å². The smallest absolute Gasteiger partial charge is 0.270 e. The zero-order chi connectivity index (χ0) is 25.7. The highest BCUT2D eigenvalue weighted by Gasteiger charge is 2.33. The molecule has 0 spiro atoms. The van der Waals surface area contributed by atoms with Crippen LogP contribution in [0.1, 0.15) is 18.1 Å². The number of ether oxygens (including phenoxy) is 2. The average molecular weight is 584 g/mol. The van der Waals surface area contributed by atoms with Crippen LogP contribution in [0, 0.1) is 6.92 Å². The molecular formula is C27H23BrN2O4S2. The lowest BCUT2D eigenvalue weighted by molar-refractivity contribution is -0.118. The average Bonchev–Trinajstić information content (AvgIpc) is 3.13. The van der Waals surface area contributed by atoms with Gasteiger partial charge in [0, 0.05) is 10.2 Å². The summed E-state index contributed by atoms with van der Waals surface area (Å²) >= 11 is 10.1. The molecule has 9 heteroatoms. The van der Waals surface area contributed by atoms with Crippen LogP contribution in [-0.4, -0.2) is 29.3 Å². The van der Waals surface area contributed by atoms with Crippen molar-refractivity contribution < 1.29 is 19.1 Å². The van der Waals surface area contributed by atoms with Crippen LogP contribution >= 0.6 is 39.9 Å². The predicted molar refractivity (Wildman–Crippen MR) is 153 cm³/mol. The molecule has 0 atom stereocenters. The van der Waals surface area contributed by atoms with Crippen molar-refractivity contribution in [3.05, 3.63) is 87.2 Å². The molecule has 3 aromatic rings. The van der Waals surface area contributed by atoms with E-state index in [0.29, 0.717) is 33.0 Å². The van der Waals surface area contributed by atoms with Crippen molar-refractivity contribution in [1.29, 1.82) is 0 Å². The summed E-state index contributed by atoms with van der Waals surface area (Å²) in [6.07, 6.45) is 1.77. The van der Waals surface area contributed by atoms with Gasteiger partial charge in [0.15, 0.2) is 22.4 Å². The van der Waals surface area contributed by atoms with E-state index in [1.54, 1.807) is 18.2 Å². The van der Waals surface area contributed by atoms with Gasteiger partial charge in [-0.05, 0) is 73.5 Å². The largest absolute Gasteiger partial charge is 0.490 e. The molecular weight excluding hydrogens is 560 g/mol. The SMILES string of the molecule is CCOc1cc(/C=C2\SC(=S)N(c3ccc(Br)cc3)C2=O)ccc1OCC(=O)Nc1ccccc1C. The van der Waals surface area contributed by atoms with Crippen LogP contribution in [0.2, 0.25) is 0 Å². The summed E-state index contributed by atoms with van der Waals surface area (Å²) in [4.78, 5) is 27.5. The lowest BCUT2D eigenvalue weighted by atomic mass is 10.1. The van der Waals surface area contributed by atoms with Crippen molar-refractivity contribution in [2.24, 2.45) is 0 Å². The highest BCUT2D eigenvalue weighted by molar-refractivity contribution is 9.10. The minimum absolute atomic E-state index is 0.167. The molecule has 1 fully saturated rings. The number of thioether (sulfide) groups is 1. The van der Waals surface area contributed by atoms with E-state index >= 15 is 0 Å². The van der Waals surface area contributed by atoms with Crippen molar-refractivity contribution in [3.8, 4) is 11.5 Å². The van der Waals surface area contributed by atoms with Crippen LogP contribution in [0.25, 0.3) is 6.08 Å². The number of rotatable bonds is 8. The maximum Gasteiger partial charge on any atom is 0.270 e. The Bertz CT molecular complexity index is 1340. The molecule has 0 aliphatic carbocycles. The number of halogens is 1. The highest BCUT2D eigenvalue weighted by Crippen LogP contribution is 2.37.